The maximum atomic E-state index is 12.3. The number of aryl methyl sites for hydroxylation is 1. The Labute approximate surface area is 182 Å². The van der Waals surface area contributed by atoms with Crippen molar-refractivity contribution in [3.05, 3.63) is 50.5 Å². The molecule has 7 heteroatoms. The Morgan fingerprint density at radius 3 is 2.68 bits per heavy atom. The number of thiazole rings is 1. The van der Waals surface area contributed by atoms with Crippen LogP contribution in [0, 0.1) is 13.8 Å². The zero-order valence-electron chi connectivity index (χ0n) is 16.4. The SMILES string of the molecule is Cc1cc(OCC(=O)Nc2nc3ccc(C(C)(C)C)cc3s2)c(Br)c(C)c1Cl. The summed E-state index contributed by atoms with van der Waals surface area (Å²) in [6, 6.07) is 8.03. The van der Waals surface area contributed by atoms with E-state index in [4.69, 9.17) is 16.3 Å². The molecule has 0 saturated heterocycles. The molecule has 0 fully saturated rings. The Morgan fingerprint density at radius 2 is 2.00 bits per heavy atom. The minimum absolute atomic E-state index is 0.0671. The van der Waals surface area contributed by atoms with E-state index in [0.29, 0.717) is 15.9 Å². The molecule has 1 N–H and O–H groups in total. The van der Waals surface area contributed by atoms with Gasteiger partial charge in [0.1, 0.15) is 5.75 Å². The second-order valence-corrected chi connectivity index (χ2v) is 9.93. The summed E-state index contributed by atoms with van der Waals surface area (Å²) >= 11 is 11.2. The number of benzene rings is 2. The van der Waals surface area contributed by atoms with Gasteiger partial charge in [0.15, 0.2) is 11.7 Å². The molecule has 0 aliphatic heterocycles. The van der Waals surface area contributed by atoms with Gasteiger partial charge in [0, 0.05) is 5.02 Å². The molecule has 148 valence electrons. The monoisotopic (exact) mass is 480 g/mol. The summed E-state index contributed by atoms with van der Waals surface area (Å²) < 4.78 is 7.49. The third-order valence-electron chi connectivity index (χ3n) is 4.43. The first-order chi connectivity index (χ1) is 13.1. The number of fused-ring (bicyclic) bond motifs is 1. The quantitative estimate of drug-likeness (QED) is 0.454. The van der Waals surface area contributed by atoms with Gasteiger partial charge in [0.2, 0.25) is 0 Å². The highest BCUT2D eigenvalue weighted by Crippen LogP contribution is 2.36. The van der Waals surface area contributed by atoms with Crippen LogP contribution in [0.1, 0.15) is 37.5 Å². The number of rotatable bonds is 4. The molecule has 3 aromatic rings. The van der Waals surface area contributed by atoms with Crippen molar-refractivity contribution >= 4 is 60.1 Å². The third-order valence-corrected chi connectivity index (χ3v) is 6.93. The molecule has 0 aliphatic carbocycles. The molecule has 0 spiro atoms. The van der Waals surface area contributed by atoms with Crippen LogP contribution in [0.15, 0.2) is 28.7 Å². The predicted molar refractivity (Wildman–Crippen MR) is 121 cm³/mol. The summed E-state index contributed by atoms with van der Waals surface area (Å²) in [5.74, 6) is 0.334. The lowest BCUT2D eigenvalue weighted by Gasteiger charge is -2.18. The minimum atomic E-state index is -0.257. The van der Waals surface area contributed by atoms with Gasteiger partial charge in [0.05, 0.1) is 14.7 Å². The van der Waals surface area contributed by atoms with Crippen molar-refractivity contribution in [1.82, 2.24) is 4.98 Å². The molecule has 3 rings (SSSR count). The van der Waals surface area contributed by atoms with Gasteiger partial charge in [-0.25, -0.2) is 4.98 Å². The average Bonchev–Trinajstić information content (AvgIpc) is 3.02. The molecule has 0 radical (unpaired) electrons. The lowest BCUT2D eigenvalue weighted by atomic mass is 9.87. The zero-order valence-corrected chi connectivity index (χ0v) is 19.6. The second kappa shape index (κ2) is 8.01. The summed E-state index contributed by atoms with van der Waals surface area (Å²) in [6.07, 6.45) is 0. The number of amides is 1. The van der Waals surface area contributed by atoms with Gasteiger partial charge < -0.3 is 4.74 Å². The van der Waals surface area contributed by atoms with Crippen LogP contribution in [0.4, 0.5) is 5.13 Å². The Balaban J connectivity index is 1.70. The number of hydrogen-bond donors (Lipinski definition) is 1. The number of aromatic nitrogens is 1. The van der Waals surface area contributed by atoms with Crippen LogP contribution < -0.4 is 10.1 Å². The van der Waals surface area contributed by atoms with Crippen molar-refractivity contribution < 1.29 is 9.53 Å². The first-order valence-electron chi connectivity index (χ1n) is 8.85. The highest BCUT2D eigenvalue weighted by Gasteiger charge is 2.16. The van der Waals surface area contributed by atoms with Crippen LogP contribution in [0.25, 0.3) is 10.2 Å². The predicted octanol–water partition coefficient (Wildman–Crippen LogP) is 6.64. The van der Waals surface area contributed by atoms with Crippen molar-refractivity contribution in [2.24, 2.45) is 0 Å². The molecular weight excluding hydrogens is 460 g/mol. The van der Waals surface area contributed by atoms with Crippen LogP contribution in [-0.4, -0.2) is 17.5 Å². The number of anilines is 1. The highest BCUT2D eigenvalue weighted by molar-refractivity contribution is 9.10. The number of carbonyl (C=O) groups excluding carboxylic acids is 1. The van der Waals surface area contributed by atoms with Gasteiger partial charge in [-0.2, -0.15) is 0 Å². The van der Waals surface area contributed by atoms with Crippen LogP contribution in [0.5, 0.6) is 5.75 Å². The standard InChI is InChI=1S/C21H22BrClN2O2S/c1-11-8-15(18(22)12(2)19(11)23)27-10-17(26)25-20-24-14-7-6-13(21(3,4)5)9-16(14)28-20/h6-9H,10H2,1-5H3,(H,24,25,26). The first-order valence-corrected chi connectivity index (χ1v) is 10.8. The summed E-state index contributed by atoms with van der Waals surface area (Å²) in [6.45, 7) is 10.2. The summed E-state index contributed by atoms with van der Waals surface area (Å²) in [7, 11) is 0. The normalized spacial score (nSPS) is 11.7. The smallest absolute Gasteiger partial charge is 0.264 e. The molecular formula is C21H22BrClN2O2S. The third kappa shape index (κ3) is 4.50. The number of nitrogens with one attached hydrogen (secondary N) is 1. The van der Waals surface area contributed by atoms with Crippen LogP contribution in [-0.2, 0) is 10.2 Å². The maximum Gasteiger partial charge on any atom is 0.264 e. The number of carbonyl (C=O) groups is 1. The summed E-state index contributed by atoms with van der Waals surface area (Å²) in [4.78, 5) is 16.8. The summed E-state index contributed by atoms with van der Waals surface area (Å²) in [5, 5.41) is 4.08. The molecule has 0 unspecified atom stereocenters. The van der Waals surface area contributed by atoms with E-state index in [1.165, 1.54) is 16.9 Å². The fourth-order valence-electron chi connectivity index (χ4n) is 2.75. The zero-order chi connectivity index (χ0) is 20.6. The number of hydrogen-bond acceptors (Lipinski definition) is 4. The van der Waals surface area contributed by atoms with Crippen LogP contribution >= 0.6 is 38.9 Å². The molecule has 1 heterocycles. The van der Waals surface area contributed by atoms with E-state index >= 15 is 0 Å². The lowest BCUT2D eigenvalue weighted by molar-refractivity contribution is -0.118. The first kappa shape index (κ1) is 21.1. The van der Waals surface area contributed by atoms with E-state index in [1.54, 1.807) is 0 Å². The van der Waals surface area contributed by atoms with Crippen molar-refractivity contribution in [2.75, 3.05) is 11.9 Å². The van der Waals surface area contributed by atoms with E-state index in [1.807, 2.05) is 26.0 Å². The van der Waals surface area contributed by atoms with Gasteiger partial charge in [-0.3, -0.25) is 10.1 Å². The fourth-order valence-corrected chi connectivity index (χ4v) is 4.36. The van der Waals surface area contributed by atoms with E-state index in [-0.39, 0.29) is 17.9 Å². The van der Waals surface area contributed by atoms with Crippen LogP contribution in [0.3, 0.4) is 0 Å². The van der Waals surface area contributed by atoms with E-state index in [0.717, 1.165) is 25.8 Å². The van der Waals surface area contributed by atoms with Gasteiger partial charge in [-0.1, -0.05) is 49.8 Å². The van der Waals surface area contributed by atoms with Gasteiger partial charge >= 0.3 is 0 Å². The Morgan fingerprint density at radius 1 is 1.29 bits per heavy atom. The Bertz CT molecular complexity index is 1060. The number of halogens is 2. The molecule has 1 aromatic heterocycles. The van der Waals surface area contributed by atoms with Crippen molar-refractivity contribution in [3.8, 4) is 5.75 Å². The minimum Gasteiger partial charge on any atom is -0.483 e. The maximum absolute atomic E-state index is 12.3. The molecule has 0 aliphatic rings. The van der Waals surface area contributed by atoms with Crippen LogP contribution in [0.2, 0.25) is 5.02 Å². The van der Waals surface area contributed by atoms with E-state index in [2.05, 4.69) is 59.1 Å². The Kier molecular flexibility index (Phi) is 6.03. The van der Waals surface area contributed by atoms with E-state index < -0.39 is 0 Å². The van der Waals surface area contributed by atoms with Gasteiger partial charge in [0.25, 0.3) is 5.91 Å². The van der Waals surface area contributed by atoms with E-state index in [9.17, 15) is 4.79 Å². The van der Waals surface area contributed by atoms with Gasteiger partial charge in [-0.05, 0) is 70.1 Å². The second-order valence-electron chi connectivity index (χ2n) is 7.73. The topological polar surface area (TPSA) is 51.2 Å². The average molecular weight is 482 g/mol. The molecule has 0 bridgehead atoms. The molecule has 0 saturated carbocycles. The highest BCUT2D eigenvalue weighted by atomic mass is 79.9. The van der Waals surface area contributed by atoms with Crippen molar-refractivity contribution in [1.29, 1.82) is 0 Å². The molecule has 28 heavy (non-hydrogen) atoms. The number of nitrogens with zero attached hydrogens (tertiary/aromatic N) is 1. The molecule has 0 atom stereocenters. The lowest BCUT2D eigenvalue weighted by Crippen LogP contribution is -2.20. The fraction of sp³-hybridized carbons (Fsp3) is 0.333. The molecule has 4 nitrogen and oxygen atoms in total. The van der Waals surface area contributed by atoms with Crippen molar-refractivity contribution in [3.63, 3.8) is 0 Å². The number of ether oxygens (including phenoxy) is 1. The molecule has 2 aromatic carbocycles. The largest absolute Gasteiger partial charge is 0.483 e. The summed E-state index contributed by atoms with van der Waals surface area (Å²) in [5.41, 5.74) is 3.97. The van der Waals surface area contributed by atoms with Crippen molar-refractivity contribution in [2.45, 2.75) is 40.0 Å². The van der Waals surface area contributed by atoms with Gasteiger partial charge in [-0.15, -0.1) is 0 Å². The molecule has 1 amide bonds. The Hall–Kier alpha value is -1.63.